The van der Waals surface area contributed by atoms with Crippen LogP contribution in [0.3, 0.4) is 0 Å². The van der Waals surface area contributed by atoms with Crippen LogP contribution in [-0.2, 0) is 6.54 Å². The van der Waals surface area contributed by atoms with E-state index in [-0.39, 0.29) is 19.5 Å². The molecule has 1 aromatic heterocycles. The van der Waals surface area contributed by atoms with Crippen molar-refractivity contribution in [1.29, 1.82) is 0 Å². The van der Waals surface area contributed by atoms with E-state index in [1.54, 1.807) is 30.5 Å². The van der Waals surface area contributed by atoms with Crippen molar-refractivity contribution >= 4 is 17.3 Å². The number of carbonyl (C=O) groups excluding carboxylic acids is 1. The van der Waals surface area contributed by atoms with Crippen LogP contribution in [0.25, 0.3) is 0 Å². The van der Waals surface area contributed by atoms with Gasteiger partial charge in [-0.3, -0.25) is 9.78 Å². The Kier molecular flexibility index (Phi) is 4.28. The number of nitrogens with one attached hydrogen (secondary N) is 2. The molecule has 2 N–H and O–H groups in total. The van der Waals surface area contributed by atoms with Crippen LogP contribution in [0, 0.1) is 0 Å². The lowest BCUT2D eigenvalue weighted by Crippen LogP contribution is -2.12. The Morgan fingerprint density at radius 2 is 1.55 bits per heavy atom. The second-order valence-corrected chi connectivity index (χ2v) is 6.53. The predicted octanol–water partition coefficient (Wildman–Crippen LogP) is 3.40. The summed E-state index contributed by atoms with van der Waals surface area (Å²) in [5.41, 5.74) is 2.83. The molecule has 0 saturated carbocycles. The smallest absolute Gasteiger partial charge is 0.257 e. The highest BCUT2D eigenvalue weighted by Crippen LogP contribution is 2.34. The SMILES string of the molecule is O=C(Nc1ccc2c(c1)OCO2)c1cncc(NCc2ccc3c(c2)OCO3)c1. The van der Waals surface area contributed by atoms with Crippen molar-refractivity contribution in [1.82, 2.24) is 4.98 Å². The molecule has 8 heteroatoms. The van der Waals surface area contributed by atoms with Gasteiger partial charge in [0.05, 0.1) is 11.3 Å². The third-order valence-electron chi connectivity index (χ3n) is 4.56. The van der Waals surface area contributed by atoms with Gasteiger partial charge in [-0.05, 0) is 35.9 Å². The van der Waals surface area contributed by atoms with Crippen LogP contribution in [-0.4, -0.2) is 24.5 Å². The zero-order chi connectivity index (χ0) is 19.6. The summed E-state index contributed by atoms with van der Waals surface area (Å²) in [5.74, 6) is 2.50. The van der Waals surface area contributed by atoms with Gasteiger partial charge in [0.15, 0.2) is 23.0 Å². The first-order valence-corrected chi connectivity index (χ1v) is 9.03. The molecule has 0 fully saturated rings. The maximum Gasteiger partial charge on any atom is 0.257 e. The van der Waals surface area contributed by atoms with Crippen LogP contribution in [0.2, 0.25) is 0 Å². The Morgan fingerprint density at radius 3 is 2.38 bits per heavy atom. The first-order valence-electron chi connectivity index (χ1n) is 9.03. The fourth-order valence-electron chi connectivity index (χ4n) is 3.09. The molecule has 0 unspecified atom stereocenters. The van der Waals surface area contributed by atoms with E-state index in [4.69, 9.17) is 18.9 Å². The lowest BCUT2D eigenvalue weighted by Gasteiger charge is -2.09. The van der Waals surface area contributed by atoms with Crippen molar-refractivity contribution in [3.05, 3.63) is 66.0 Å². The topological polar surface area (TPSA) is 90.9 Å². The molecule has 0 radical (unpaired) electrons. The van der Waals surface area contributed by atoms with Gasteiger partial charge in [-0.15, -0.1) is 0 Å². The zero-order valence-corrected chi connectivity index (χ0v) is 15.3. The summed E-state index contributed by atoms with van der Waals surface area (Å²) in [4.78, 5) is 16.7. The van der Waals surface area contributed by atoms with E-state index >= 15 is 0 Å². The largest absolute Gasteiger partial charge is 0.454 e. The molecular formula is C21H17N3O5. The third-order valence-corrected chi connectivity index (χ3v) is 4.56. The number of rotatable bonds is 5. The first-order chi connectivity index (χ1) is 14.2. The van der Waals surface area contributed by atoms with Crippen molar-refractivity contribution in [3.63, 3.8) is 0 Å². The number of aromatic nitrogens is 1. The molecule has 0 aliphatic carbocycles. The van der Waals surface area contributed by atoms with Gasteiger partial charge in [-0.2, -0.15) is 0 Å². The molecule has 1 amide bonds. The zero-order valence-electron chi connectivity index (χ0n) is 15.3. The summed E-state index contributed by atoms with van der Waals surface area (Å²) in [6.07, 6.45) is 3.19. The van der Waals surface area contributed by atoms with E-state index in [0.717, 1.165) is 22.7 Å². The fourth-order valence-corrected chi connectivity index (χ4v) is 3.09. The van der Waals surface area contributed by atoms with Gasteiger partial charge in [-0.25, -0.2) is 0 Å². The van der Waals surface area contributed by atoms with E-state index in [0.29, 0.717) is 29.3 Å². The molecule has 3 heterocycles. The molecule has 0 spiro atoms. The Hall–Kier alpha value is -3.94. The number of benzene rings is 2. The average Bonchev–Trinajstić information content (AvgIpc) is 3.41. The number of carbonyl (C=O) groups is 1. The van der Waals surface area contributed by atoms with Gasteiger partial charge in [0, 0.05) is 30.7 Å². The molecule has 29 heavy (non-hydrogen) atoms. The summed E-state index contributed by atoms with van der Waals surface area (Å²) < 4.78 is 21.3. The van der Waals surface area contributed by atoms with E-state index in [1.165, 1.54) is 6.20 Å². The molecule has 2 aromatic carbocycles. The first kappa shape index (κ1) is 17.2. The Balaban J connectivity index is 1.25. The summed E-state index contributed by atoms with van der Waals surface area (Å²) in [6.45, 7) is 0.996. The highest BCUT2D eigenvalue weighted by molar-refractivity contribution is 6.04. The number of ether oxygens (including phenoxy) is 4. The number of anilines is 2. The van der Waals surface area contributed by atoms with Crippen LogP contribution < -0.4 is 29.6 Å². The maximum atomic E-state index is 12.6. The fraction of sp³-hybridized carbons (Fsp3) is 0.143. The number of nitrogens with zero attached hydrogens (tertiary/aromatic N) is 1. The van der Waals surface area contributed by atoms with Crippen molar-refractivity contribution in [2.45, 2.75) is 6.54 Å². The van der Waals surface area contributed by atoms with Crippen molar-refractivity contribution in [3.8, 4) is 23.0 Å². The van der Waals surface area contributed by atoms with Crippen LogP contribution in [0.5, 0.6) is 23.0 Å². The summed E-state index contributed by atoms with van der Waals surface area (Å²) in [6, 6.07) is 12.8. The maximum absolute atomic E-state index is 12.6. The van der Waals surface area contributed by atoms with Crippen molar-refractivity contribution in [2.24, 2.45) is 0 Å². The van der Waals surface area contributed by atoms with Crippen LogP contribution in [0.15, 0.2) is 54.9 Å². The van der Waals surface area contributed by atoms with Gasteiger partial charge >= 0.3 is 0 Å². The number of hydrogen-bond donors (Lipinski definition) is 2. The van der Waals surface area contributed by atoms with Gasteiger partial charge < -0.3 is 29.6 Å². The van der Waals surface area contributed by atoms with Gasteiger partial charge in [0.25, 0.3) is 5.91 Å². The number of fused-ring (bicyclic) bond motifs is 2. The lowest BCUT2D eigenvalue weighted by atomic mass is 10.2. The standard InChI is InChI=1S/C21H17N3O5/c25-21(24-15-2-4-18-20(7-15)29-12-27-18)14-6-16(10-22-9-14)23-8-13-1-3-17-19(5-13)28-11-26-17/h1-7,9-10,23H,8,11-12H2,(H,24,25). The van der Waals surface area contributed by atoms with E-state index in [9.17, 15) is 4.79 Å². The predicted molar refractivity (Wildman–Crippen MR) is 105 cm³/mol. The molecule has 3 aromatic rings. The van der Waals surface area contributed by atoms with E-state index in [2.05, 4.69) is 15.6 Å². The van der Waals surface area contributed by atoms with E-state index in [1.807, 2.05) is 18.2 Å². The van der Waals surface area contributed by atoms with Gasteiger partial charge in [0.1, 0.15) is 0 Å². The molecule has 5 rings (SSSR count). The highest BCUT2D eigenvalue weighted by Gasteiger charge is 2.15. The second kappa shape index (κ2) is 7.23. The molecule has 2 aliphatic heterocycles. The van der Waals surface area contributed by atoms with Crippen LogP contribution in [0.4, 0.5) is 11.4 Å². The van der Waals surface area contributed by atoms with Crippen LogP contribution >= 0.6 is 0 Å². The molecule has 8 nitrogen and oxygen atoms in total. The molecule has 0 atom stereocenters. The minimum absolute atomic E-state index is 0.188. The molecule has 0 bridgehead atoms. The molecule has 2 aliphatic rings. The summed E-state index contributed by atoms with van der Waals surface area (Å²) in [5, 5.41) is 6.11. The monoisotopic (exact) mass is 391 g/mol. The van der Waals surface area contributed by atoms with E-state index < -0.39 is 0 Å². The molecule has 0 saturated heterocycles. The van der Waals surface area contributed by atoms with Gasteiger partial charge in [0.2, 0.25) is 13.6 Å². The minimum Gasteiger partial charge on any atom is -0.454 e. The summed E-state index contributed by atoms with van der Waals surface area (Å²) in [7, 11) is 0. The number of amides is 1. The normalized spacial score (nSPS) is 13.2. The third kappa shape index (κ3) is 3.60. The summed E-state index contributed by atoms with van der Waals surface area (Å²) >= 11 is 0. The quantitative estimate of drug-likeness (QED) is 0.689. The van der Waals surface area contributed by atoms with Crippen molar-refractivity contribution in [2.75, 3.05) is 24.2 Å². The molecule has 146 valence electrons. The highest BCUT2D eigenvalue weighted by atomic mass is 16.7. The molecular weight excluding hydrogens is 374 g/mol. The minimum atomic E-state index is -0.261. The average molecular weight is 391 g/mol. The Morgan fingerprint density at radius 1 is 0.828 bits per heavy atom. The number of hydrogen-bond acceptors (Lipinski definition) is 7. The second-order valence-electron chi connectivity index (χ2n) is 6.53. The number of pyridine rings is 1. The van der Waals surface area contributed by atoms with Crippen LogP contribution in [0.1, 0.15) is 15.9 Å². The lowest BCUT2D eigenvalue weighted by molar-refractivity contribution is 0.102. The van der Waals surface area contributed by atoms with Crippen molar-refractivity contribution < 1.29 is 23.7 Å². The Labute approximate surface area is 166 Å². The van der Waals surface area contributed by atoms with Gasteiger partial charge in [-0.1, -0.05) is 6.07 Å². The Bertz CT molecular complexity index is 1090.